The molecule has 0 atom stereocenters. The number of ether oxygens (including phenoxy) is 2. The van der Waals surface area contributed by atoms with Crippen LogP contribution < -0.4 is 20.1 Å². The van der Waals surface area contributed by atoms with Gasteiger partial charge in [0.25, 0.3) is 0 Å². The quantitative estimate of drug-likeness (QED) is 0.534. The third-order valence-electron chi connectivity index (χ3n) is 4.08. The lowest BCUT2D eigenvalue weighted by molar-refractivity contribution is -0.0504. The van der Waals surface area contributed by atoms with Gasteiger partial charge in [-0.05, 0) is 32.0 Å². The Morgan fingerprint density at radius 3 is 2.61 bits per heavy atom. The summed E-state index contributed by atoms with van der Waals surface area (Å²) in [6, 6.07) is 4.47. The molecule has 1 aromatic heterocycles. The molecule has 9 heteroatoms. The zero-order valence-electron chi connectivity index (χ0n) is 16.1. The van der Waals surface area contributed by atoms with Gasteiger partial charge in [0.2, 0.25) is 0 Å². The summed E-state index contributed by atoms with van der Waals surface area (Å²) in [5, 5.41) is 6.62. The van der Waals surface area contributed by atoms with E-state index in [4.69, 9.17) is 16.3 Å². The Balaban J connectivity index is 2.04. The third-order valence-corrected chi connectivity index (χ3v) is 4.32. The van der Waals surface area contributed by atoms with E-state index >= 15 is 0 Å². The summed E-state index contributed by atoms with van der Waals surface area (Å²) in [6.45, 7) is 1.57. The zero-order chi connectivity index (χ0) is 20.7. The Bertz CT molecular complexity index is 847. The highest BCUT2D eigenvalue weighted by Crippen LogP contribution is 2.25. The first-order valence-electron chi connectivity index (χ1n) is 8.52. The molecule has 0 aliphatic heterocycles. The van der Waals surface area contributed by atoms with Crippen molar-refractivity contribution < 1.29 is 18.3 Å². The Morgan fingerprint density at radius 2 is 1.96 bits per heavy atom. The van der Waals surface area contributed by atoms with Crippen LogP contribution in [0.5, 0.6) is 11.5 Å². The molecular formula is C19H23ClF2N4O2. The van der Waals surface area contributed by atoms with E-state index in [2.05, 4.69) is 25.3 Å². The maximum Gasteiger partial charge on any atom is 0.387 e. The first-order valence-corrected chi connectivity index (χ1v) is 8.90. The summed E-state index contributed by atoms with van der Waals surface area (Å²) in [5.74, 6) is 1.33. The molecular weight excluding hydrogens is 390 g/mol. The van der Waals surface area contributed by atoms with Crippen LogP contribution in [0.15, 0.2) is 29.4 Å². The number of aliphatic imine (C=N–C) groups is 1. The number of aryl methyl sites for hydroxylation is 1. The van der Waals surface area contributed by atoms with Gasteiger partial charge in [0, 0.05) is 41.5 Å². The van der Waals surface area contributed by atoms with Gasteiger partial charge in [-0.3, -0.25) is 9.98 Å². The fraction of sp³-hybridized carbons (Fsp3) is 0.368. The molecule has 6 nitrogen and oxygen atoms in total. The normalized spacial score (nSPS) is 11.5. The molecule has 0 bridgehead atoms. The van der Waals surface area contributed by atoms with Crippen molar-refractivity contribution in [2.24, 2.45) is 4.99 Å². The van der Waals surface area contributed by atoms with Gasteiger partial charge in [-0.15, -0.1) is 0 Å². The van der Waals surface area contributed by atoms with Crippen molar-refractivity contribution in [2.75, 3.05) is 14.2 Å². The molecule has 28 heavy (non-hydrogen) atoms. The van der Waals surface area contributed by atoms with Crippen molar-refractivity contribution in [1.82, 2.24) is 15.6 Å². The molecule has 0 fully saturated rings. The lowest BCUT2D eigenvalue weighted by Crippen LogP contribution is -2.36. The van der Waals surface area contributed by atoms with Gasteiger partial charge >= 0.3 is 6.61 Å². The number of nitrogens with zero attached hydrogens (tertiary/aromatic N) is 2. The number of halogens is 3. The molecule has 1 aromatic carbocycles. The fourth-order valence-corrected chi connectivity index (χ4v) is 2.91. The summed E-state index contributed by atoms with van der Waals surface area (Å²) in [4.78, 5) is 8.56. The molecule has 0 saturated heterocycles. The van der Waals surface area contributed by atoms with Crippen molar-refractivity contribution in [3.63, 3.8) is 0 Å². The van der Waals surface area contributed by atoms with Crippen LogP contribution in [0.25, 0.3) is 0 Å². The van der Waals surface area contributed by atoms with Crippen molar-refractivity contribution in [3.8, 4) is 11.5 Å². The van der Waals surface area contributed by atoms with Gasteiger partial charge in [-0.25, -0.2) is 0 Å². The van der Waals surface area contributed by atoms with Crippen LogP contribution in [-0.2, 0) is 13.1 Å². The van der Waals surface area contributed by atoms with Gasteiger partial charge in [-0.1, -0.05) is 11.6 Å². The molecule has 0 saturated carbocycles. The lowest BCUT2D eigenvalue weighted by atomic mass is 10.1. The van der Waals surface area contributed by atoms with Gasteiger partial charge < -0.3 is 20.1 Å². The van der Waals surface area contributed by atoms with E-state index in [-0.39, 0.29) is 12.3 Å². The van der Waals surface area contributed by atoms with Crippen molar-refractivity contribution in [1.29, 1.82) is 0 Å². The van der Waals surface area contributed by atoms with Gasteiger partial charge in [0.15, 0.2) is 5.96 Å². The van der Waals surface area contributed by atoms with E-state index in [0.29, 0.717) is 23.1 Å². The number of pyridine rings is 1. The number of hydrogen-bond acceptors (Lipinski definition) is 4. The molecule has 2 aromatic rings. The van der Waals surface area contributed by atoms with Crippen LogP contribution in [0.4, 0.5) is 8.78 Å². The van der Waals surface area contributed by atoms with E-state index in [9.17, 15) is 8.78 Å². The van der Waals surface area contributed by atoms with E-state index in [1.54, 1.807) is 26.4 Å². The van der Waals surface area contributed by atoms with Gasteiger partial charge in [0.1, 0.15) is 11.5 Å². The predicted octanol–water partition coefficient (Wildman–Crippen LogP) is 3.83. The minimum atomic E-state index is -2.91. The average Bonchev–Trinajstić information content (AvgIpc) is 2.65. The SMILES string of the molecule is CN=C(NCc1cc(Cl)ccc1OC(F)F)NCc1ncc(C)c(OC)c1C. The summed E-state index contributed by atoms with van der Waals surface area (Å²) in [5.41, 5.74) is 3.20. The first-order chi connectivity index (χ1) is 13.3. The minimum Gasteiger partial charge on any atom is -0.496 e. The number of nitrogens with one attached hydrogen (secondary N) is 2. The van der Waals surface area contributed by atoms with Crippen molar-refractivity contribution in [3.05, 3.63) is 51.8 Å². The molecule has 0 aliphatic rings. The van der Waals surface area contributed by atoms with Gasteiger partial charge in [0.05, 0.1) is 19.3 Å². The van der Waals surface area contributed by atoms with Crippen molar-refractivity contribution in [2.45, 2.75) is 33.5 Å². The molecule has 152 valence electrons. The number of hydrogen-bond donors (Lipinski definition) is 2. The monoisotopic (exact) mass is 412 g/mol. The molecule has 0 aliphatic carbocycles. The van der Waals surface area contributed by atoms with Crippen LogP contribution in [-0.4, -0.2) is 31.7 Å². The second-order valence-corrected chi connectivity index (χ2v) is 6.39. The maximum absolute atomic E-state index is 12.6. The maximum atomic E-state index is 12.6. The second-order valence-electron chi connectivity index (χ2n) is 5.96. The highest BCUT2D eigenvalue weighted by atomic mass is 35.5. The fourth-order valence-electron chi connectivity index (χ4n) is 2.71. The number of methoxy groups -OCH3 is 1. The molecule has 0 spiro atoms. The van der Waals surface area contributed by atoms with E-state index < -0.39 is 6.61 Å². The molecule has 0 unspecified atom stereocenters. The van der Waals surface area contributed by atoms with Crippen LogP contribution in [0.1, 0.15) is 22.4 Å². The van der Waals surface area contributed by atoms with Gasteiger partial charge in [-0.2, -0.15) is 8.78 Å². The van der Waals surface area contributed by atoms with Crippen LogP contribution >= 0.6 is 11.6 Å². The number of aromatic nitrogens is 1. The lowest BCUT2D eigenvalue weighted by Gasteiger charge is -2.16. The number of alkyl halides is 2. The predicted molar refractivity (Wildman–Crippen MR) is 105 cm³/mol. The van der Waals surface area contributed by atoms with E-state index in [1.807, 2.05) is 13.8 Å². The number of rotatable bonds is 7. The Labute approximate surface area is 167 Å². The highest BCUT2D eigenvalue weighted by Gasteiger charge is 2.12. The highest BCUT2D eigenvalue weighted by molar-refractivity contribution is 6.30. The summed E-state index contributed by atoms with van der Waals surface area (Å²) in [6.07, 6.45) is 1.75. The van der Waals surface area contributed by atoms with Crippen molar-refractivity contribution >= 4 is 17.6 Å². The summed E-state index contributed by atoms with van der Waals surface area (Å²) < 4.78 is 35.1. The minimum absolute atomic E-state index is 0.0585. The average molecular weight is 413 g/mol. The molecule has 2 N–H and O–H groups in total. The molecule has 0 amide bonds. The van der Waals surface area contributed by atoms with Crippen LogP contribution in [0, 0.1) is 13.8 Å². The Morgan fingerprint density at radius 1 is 1.25 bits per heavy atom. The summed E-state index contributed by atoms with van der Waals surface area (Å²) >= 11 is 5.97. The Kier molecular flexibility index (Phi) is 7.80. The standard InChI is InChI=1S/C19H23ClF2N4O2/c1-11-8-24-15(12(2)17(11)27-4)10-26-19(23-3)25-9-13-7-14(20)5-6-16(13)28-18(21)22/h5-8,18H,9-10H2,1-4H3,(H2,23,25,26). The van der Waals surface area contributed by atoms with Crippen LogP contribution in [0.2, 0.25) is 5.02 Å². The van der Waals surface area contributed by atoms with E-state index in [1.165, 1.54) is 12.1 Å². The smallest absolute Gasteiger partial charge is 0.387 e. The largest absolute Gasteiger partial charge is 0.496 e. The number of guanidine groups is 1. The number of benzene rings is 1. The third kappa shape index (κ3) is 5.69. The van der Waals surface area contributed by atoms with E-state index in [0.717, 1.165) is 22.6 Å². The first kappa shape index (κ1) is 21.7. The topological polar surface area (TPSA) is 67.8 Å². The Hall–Kier alpha value is -2.61. The molecule has 2 rings (SSSR count). The molecule has 0 radical (unpaired) electrons. The second kappa shape index (κ2) is 10.1. The molecule has 1 heterocycles. The van der Waals surface area contributed by atoms with Crippen LogP contribution in [0.3, 0.4) is 0 Å². The zero-order valence-corrected chi connectivity index (χ0v) is 16.9. The summed E-state index contributed by atoms with van der Waals surface area (Å²) in [7, 11) is 3.23.